The Labute approximate surface area is 163 Å². The summed E-state index contributed by atoms with van der Waals surface area (Å²) in [6.07, 6.45) is 5.36. The monoisotopic (exact) mass is 397 g/mol. The van der Waals surface area contributed by atoms with Crippen molar-refractivity contribution in [1.29, 1.82) is 0 Å². The number of carbonyl (C=O) groups excluding carboxylic acids is 1. The Bertz CT molecular complexity index is 1080. The lowest BCUT2D eigenvalue weighted by atomic mass is 10.0. The van der Waals surface area contributed by atoms with Gasteiger partial charge in [-0.1, -0.05) is 12.1 Å². The molecule has 0 radical (unpaired) electrons. The number of amides is 1. The molecule has 1 atom stereocenters. The molecule has 4 N–H and O–H groups in total. The number of hydrogen-bond acceptors (Lipinski definition) is 8. The van der Waals surface area contributed by atoms with Gasteiger partial charge in [-0.15, -0.1) is 0 Å². The Balaban J connectivity index is 1.87. The average molecular weight is 397 g/mol. The van der Waals surface area contributed by atoms with E-state index in [1.165, 1.54) is 47.7 Å². The summed E-state index contributed by atoms with van der Waals surface area (Å²) in [7, 11) is 0. The highest BCUT2D eigenvalue weighted by molar-refractivity contribution is 6.05. The number of aromatic nitrogens is 4. The number of nitrogen functional groups attached to an aromatic ring is 1. The number of nitrogens with two attached hydrogens (primary N) is 1. The summed E-state index contributed by atoms with van der Waals surface area (Å²) < 4.78 is 1.28. The first kappa shape index (κ1) is 19.4. The minimum absolute atomic E-state index is 0.00495. The summed E-state index contributed by atoms with van der Waals surface area (Å²) in [4.78, 5) is 41.7. The number of nitro groups is 1. The number of nitrogens with zero attached hydrogens (tertiary/aromatic N) is 5. The van der Waals surface area contributed by atoms with E-state index in [0.29, 0.717) is 5.56 Å². The molecule has 0 spiro atoms. The van der Waals surface area contributed by atoms with E-state index in [1.807, 2.05) is 0 Å². The summed E-state index contributed by atoms with van der Waals surface area (Å²) in [6, 6.07) is 4.91. The van der Waals surface area contributed by atoms with Crippen LogP contribution in [-0.4, -0.2) is 48.2 Å². The van der Waals surface area contributed by atoms with Crippen LogP contribution >= 0.6 is 0 Å². The molecule has 0 fully saturated rings. The van der Waals surface area contributed by atoms with Crippen molar-refractivity contribution in [2.45, 2.75) is 6.04 Å². The van der Waals surface area contributed by atoms with Gasteiger partial charge >= 0.3 is 5.97 Å². The molecule has 3 rings (SSSR count). The van der Waals surface area contributed by atoms with Gasteiger partial charge in [0.1, 0.15) is 6.04 Å². The van der Waals surface area contributed by atoms with Gasteiger partial charge < -0.3 is 16.2 Å². The Hall–Kier alpha value is -4.35. The van der Waals surface area contributed by atoms with Gasteiger partial charge in [-0.25, -0.2) is 14.8 Å². The van der Waals surface area contributed by atoms with Crippen LogP contribution in [0.5, 0.6) is 0 Å². The largest absolute Gasteiger partial charge is 0.478 e. The molecule has 12 nitrogen and oxygen atoms in total. The third kappa shape index (κ3) is 4.50. The Morgan fingerprint density at radius 1 is 1.31 bits per heavy atom. The van der Waals surface area contributed by atoms with Crippen molar-refractivity contribution in [3.63, 3.8) is 0 Å². The number of hydrogen-bond donors (Lipinski definition) is 3. The zero-order chi connectivity index (χ0) is 21.0. The molecular weight excluding hydrogens is 382 g/mol. The first-order valence-electron chi connectivity index (χ1n) is 8.22. The van der Waals surface area contributed by atoms with Crippen LogP contribution < -0.4 is 11.1 Å². The van der Waals surface area contributed by atoms with Crippen LogP contribution in [-0.2, 0) is 0 Å². The van der Waals surface area contributed by atoms with E-state index in [0.717, 1.165) is 0 Å². The molecule has 0 saturated carbocycles. The van der Waals surface area contributed by atoms with Crippen molar-refractivity contribution in [2.24, 2.45) is 0 Å². The normalized spacial score (nSPS) is 11.6. The molecule has 2 heterocycles. The average Bonchev–Trinajstić information content (AvgIpc) is 3.14. The van der Waals surface area contributed by atoms with E-state index >= 15 is 0 Å². The fourth-order valence-corrected chi connectivity index (χ4v) is 2.65. The van der Waals surface area contributed by atoms with Crippen LogP contribution in [0.1, 0.15) is 32.5 Å². The highest BCUT2D eigenvalue weighted by Crippen LogP contribution is 2.22. The van der Waals surface area contributed by atoms with Gasteiger partial charge in [0, 0.05) is 23.5 Å². The van der Waals surface area contributed by atoms with Crippen LogP contribution in [0.3, 0.4) is 0 Å². The van der Waals surface area contributed by atoms with Crippen molar-refractivity contribution in [2.75, 3.05) is 17.6 Å². The van der Waals surface area contributed by atoms with E-state index in [1.54, 1.807) is 6.07 Å². The highest BCUT2D eigenvalue weighted by atomic mass is 16.6. The van der Waals surface area contributed by atoms with Gasteiger partial charge in [0.05, 0.1) is 17.4 Å². The third-order valence-electron chi connectivity index (χ3n) is 3.96. The summed E-state index contributed by atoms with van der Waals surface area (Å²) >= 11 is 0. The molecule has 2 aromatic heterocycles. The first-order chi connectivity index (χ1) is 13.8. The number of carboxylic acids is 1. The van der Waals surface area contributed by atoms with Gasteiger partial charge in [-0.3, -0.25) is 19.6 Å². The maximum atomic E-state index is 12.3. The summed E-state index contributed by atoms with van der Waals surface area (Å²) in [6.45, 7) is -0.532. The Kier molecular flexibility index (Phi) is 5.44. The molecule has 29 heavy (non-hydrogen) atoms. The predicted octanol–water partition coefficient (Wildman–Crippen LogP) is 1.07. The first-order valence-corrected chi connectivity index (χ1v) is 8.22. The van der Waals surface area contributed by atoms with Crippen molar-refractivity contribution in [1.82, 2.24) is 19.7 Å². The Morgan fingerprint density at radius 3 is 2.76 bits per heavy atom. The number of carboxylic acid groups (broad SMARTS) is 1. The molecule has 0 saturated heterocycles. The van der Waals surface area contributed by atoms with Crippen molar-refractivity contribution < 1.29 is 19.6 Å². The van der Waals surface area contributed by atoms with Crippen LogP contribution in [0, 0.1) is 10.1 Å². The smallest absolute Gasteiger partial charge is 0.335 e. The van der Waals surface area contributed by atoms with E-state index in [-0.39, 0.29) is 22.8 Å². The predicted molar refractivity (Wildman–Crippen MR) is 100 cm³/mol. The van der Waals surface area contributed by atoms with Gasteiger partial charge in [0.25, 0.3) is 5.91 Å². The number of rotatable bonds is 7. The van der Waals surface area contributed by atoms with Gasteiger partial charge in [-0.2, -0.15) is 5.10 Å². The number of nitrogens with one attached hydrogen (secondary N) is 1. The molecule has 1 unspecified atom stereocenters. The third-order valence-corrected chi connectivity index (χ3v) is 3.96. The van der Waals surface area contributed by atoms with Crippen LogP contribution in [0.2, 0.25) is 0 Å². The number of benzene rings is 1. The molecule has 3 aromatic rings. The maximum Gasteiger partial charge on any atom is 0.335 e. The molecule has 0 bridgehead atoms. The zero-order valence-corrected chi connectivity index (χ0v) is 14.8. The molecular formula is C17H15N7O5. The van der Waals surface area contributed by atoms with Gasteiger partial charge in [0.15, 0.2) is 11.5 Å². The number of anilines is 2. The Morgan fingerprint density at radius 2 is 2.07 bits per heavy atom. The van der Waals surface area contributed by atoms with Crippen molar-refractivity contribution in [3.8, 4) is 0 Å². The number of aromatic carboxylic acids is 1. The minimum atomic E-state index is -1.15. The summed E-state index contributed by atoms with van der Waals surface area (Å²) in [5.41, 5.74) is 6.18. The molecule has 1 aromatic carbocycles. The molecule has 148 valence electrons. The van der Waals surface area contributed by atoms with Crippen LogP contribution in [0.25, 0.3) is 0 Å². The quantitative estimate of drug-likeness (QED) is 0.388. The highest BCUT2D eigenvalue weighted by Gasteiger charge is 2.23. The second-order valence-electron chi connectivity index (χ2n) is 5.92. The molecule has 1 amide bonds. The van der Waals surface area contributed by atoms with Crippen molar-refractivity contribution >= 4 is 23.4 Å². The lowest BCUT2D eigenvalue weighted by Gasteiger charge is -2.14. The SMILES string of the molecule is Nc1nccnc1C(=O)Nc1cnn(C(C[N+](=O)[O-])c2cccc(C(=O)O)c2)c1. The molecule has 12 heteroatoms. The summed E-state index contributed by atoms with van der Waals surface area (Å²) in [5, 5.41) is 26.9. The van der Waals surface area contributed by atoms with E-state index in [9.17, 15) is 19.7 Å². The topological polar surface area (TPSA) is 179 Å². The number of carbonyl (C=O) groups is 2. The van der Waals surface area contributed by atoms with E-state index in [4.69, 9.17) is 10.8 Å². The molecule has 0 aliphatic carbocycles. The van der Waals surface area contributed by atoms with Crippen LogP contribution in [0.15, 0.2) is 49.1 Å². The van der Waals surface area contributed by atoms with Gasteiger partial charge in [0.2, 0.25) is 6.54 Å². The van der Waals surface area contributed by atoms with E-state index < -0.39 is 29.4 Å². The van der Waals surface area contributed by atoms with E-state index in [2.05, 4.69) is 20.4 Å². The standard InChI is InChI=1S/C17H15N7O5/c18-15-14(19-4-5-20-15)16(25)22-12-7-21-23(8-12)13(9-24(28)29)10-2-1-3-11(6-10)17(26)27/h1-8,13H,9H2,(H2,18,20)(H,22,25)(H,26,27). The fourth-order valence-electron chi connectivity index (χ4n) is 2.65. The second-order valence-corrected chi connectivity index (χ2v) is 5.92. The van der Waals surface area contributed by atoms with Crippen LogP contribution in [0.4, 0.5) is 11.5 Å². The lowest BCUT2D eigenvalue weighted by molar-refractivity contribution is -0.484. The minimum Gasteiger partial charge on any atom is -0.478 e. The zero-order valence-electron chi connectivity index (χ0n) is 14.8. The van der Waals surface area contributed by atoms with Gasteiger partial charge in [-0.05, 0) is 17.7 Å². The van der Waals surface area contributed by atoms with Crippen molar-refractivity contribution in [3.05, 3.63) is 76.0 Å². The summed E-state index contributed by atoms with van der Waals surface area (Å²) in [5.74, 6) is -1.82. The lowest BCUT2D eigenvalue weighted by Crippen LogP contribution is -2.21. The maximum absolute atomic E-state index is 12.3. The fraction of sp³-hybridized carbons (Fsp3) is 0.118. The molecule has 0 aliphatic heterocycles. The molecule has 0 aliphatic rings. The second kappa shape index (κ2) is 8.12.